The molecule has 1 aromatic carbocycles. The predicted octanol–water partition coefficient (Wildman–Crippen LogP) is 2.26. The van der Waals surface area contributed by atoms with Gasteiger partial charge in [-0.2, -0.15) is 0 Å². The van der Waals surface area contributed by atoms with Crippen LogP contribution in [0.2, 0.25) is 0 Å². The molecule has 66 valence electrons. The van der Waals surface area contributed by atoms with E-state index in [2.05, 4.69) is 15.9 Å². The number of aromatic hydroxyl groups is 1. The molecule has 3 nitrogen and oxygen atoms in total. The highest BCUT2D eigenvalue weighted by atomic mass is 79.9. The van der Waals surface area contributed by atoms with Crippen LogP contribution in [0.1, 0.15) is 0 Å². The number of rotatable bonds is 0. The molecule has 0 unspecified atom stereocenters. The zero-order chi connectivity index (χ0) is 9.42. The topological polar surface area (TPSA) is 50.4 Å². The standard InChI is InChI=1S/C9H5BrO3/c10-6-1-2-8-5(3-6)4-7(11)9(12)13-8/h1-4,11H. The van der Waals surface area contributed by atoms with Crippen molar-refractivity contribution < 1.29 is 9.52 Å². The third kappa shape index (κ3) is 1.45. The van der Waals surface area contributed by atoms with Gasteiger partial charge in [0.2, 0.25) is 5.75 Å². The lowest BCUT2D eigenvalue weighted by molar-refractivity contribution is 0.428. The van der Waals surface area contributed by atoms with Crippen molar-refractivity contribution in [2.45, 2.75) is 0 Å². The normalized spacial score (nSPS) is 10.5. The molecule has 0 saturated heterocycles. The Bertz CT molecular complexity index is 516. The molecular formula is C9H5BrO3. The van der Waals surface area contributed by atoms with Gasteiger partial charge in [0.15, 0.2) is 0 Å². The minimum atomic E-state index is -0.713. The first kappa shape index (κ1) is 8.31. The molecule has 0 bridgehead atoms. The van der Waals surface area contributed by atoms with Gasteiger partial charge in [-0.25, -0.2) is 4.79 Å². The summed E-state index contributed by atoms with van der Waals surface area (Å²) in [4.78, 5) is 10.9. The molecule has 0 saturated carbocycles. The largest absolute Gasteiger partial charge is 0.502 e. The van der Waals surface area contributed by atoms with Gasteiger partial charge in [-0.05, 0) is 24.3 Å². The fourth-order valence-electron chi connectivity index (χ4n) is 1.08. The van der Waals surface area contributed by atoms with Crippen molar-refractivity contribution in [2.24, 2.45) is 0 Å². The summed E-state index contributed by atoms with van der Waals surface area (Å²) in [6.45, 7) is 0. The molecular weight excluding hydrogens is 236 g/mol. The lowest BCUT2D eigenvalue weighted by Gasteiger charge is -1.96. The zero-order valence-corrected chi connectivity index (χ0v) is 8.04. The minimum absolute atomic E-state index is 0.370. The van der Waals surface area contributed by atoms with Gasteiger partial charge >= 0.3 is 5.63 Å². The Morgan fingerprint density at radius 1 is 1.31 bits per heavy atom. The van der Waals surface area contributed by atoms with Crippen LogP contribution in [0.5, 0.6) is 5.75 Å². The number of hydrogen-bond donors (Lipinski definition) is 1. The molecule has 2 rings (SSSR count). The van der Waals surface area contributed by atoms with Crippen molar-refractivity contribution in [1.29, 1.82) is 0 Å². The van der Waals surface area contributed by atoms with Crippen LogP contribution in [0, 0.1) is 0 Å². The lowest BCUT2D eigenvalue weighted by atomic mass is 10.2. The van der Waals surface area contributed by atoms with Crippen LogP contribution in [0.25, 0.3) is 11.0 Å². The Labute approximate surface area is 81.7 Å². The van der Waals surface area contributed by atoms with E-state index >= 15 is 0 Å². The summed E-state index contributed by atoms with van der Waals surface area (Å²) in [6, 6.07) is 6.58. The van der Waals surface area contributed by atoms with E-state index in [9.17, 15) is 4.79 Å². The summed E-state index contributed by atoms with van der Waals surface area (Å²) in [5.74, 6) is -0.370. The monoisotopic (exact) mass is 240 g/mol. The Kier molecular flexibility index (Phi) is 1.84. The van der Waals surface area contributed by atoms with Crippen LogP contribution in [0.3, 0.4) is 0 Å². The molecule has 2 aromatic rings. The predicted molar refractivity (Wildman–Crippen MR) is 51.8 cm³/mol. The molecule has 13 heavy (non-hydrogen) atoms. The van der Waals surface area contributed by atoms with E-state index in [1.165, 1.54) is 6.07 Å². The van der Waals surface area contributed by atoms with E-state index < -0.39 is 5.63 Å². The summed E-state index contributed by atoms with van der Waals surface area (Å²) in [6.07, 6.45) is 0. The van der Waals surface area contributed by atoms with E-state index in [1.807, 2.05) is 0 Å². The van der Waals surface area contributed by atoms with Crippen LogP contribution in [0.4, 0.5) is 0 Å². The summed E-state index contributed by atoms with van der Waals surface area (Å²) >= 11 is 3.27. The molecule has 1 aromatic heterocycles. The Morgan fingerprint density at radius 2 is 2.08 bits per heavy atom. The fourth-order valence-corrected chi connectivity index (χ4v) is 1.46. The van der Waals surface area contributed by atoms with Crippen molar-refractivity contribution in [1.82, 2.24) is 0 Å². The quantitative estimate of drug-likeness (QED) is 0.719. The highest BCUT2D eigenvalue weighted by molar-refractivity contribution is 9.10. The second kappa shape index (κ2) is 2.88. The van der Waals surface area contributed by atoms with Crippen LogP contribution >= 0.6 is 15.9 Å². The number of benzene rings is 1. The third-order valence-corrected chi connectivity index (χ3v) is 2.17. The summed E-state index contributed by atoms with van der Waals surface area (Å²) in [5, 5.41) is 9.77. The van der Waals surface area contributed by atoms with Crippen molar-refractivity contribution >= 4 is 26.9 Å². The van der Waals surface area contributed by atoms with Crippen LogP contribution in [-0.4, -0.2) is 5.11 Å². The van der Waals surface area contributed by atoms with Gasteiger partial charge < -0.3 is 9.52 Å². The van der Waals surface area contributed by atoms with E-state index in [-0.39, 0.29) is 5.75 Å². The first-order valence-electron chi connectivity index (χ1n) is 3.59. The molecule has 0 aliphatic rings. The second-order valence-electron chi connectivity index (χ2n) is 2.60. The maximum Gasteiger partial charge on any atom is 0.378 e. The van der Waals surface area contributed by atoms with Gasteiger partial charge in [-0.1, -0.05) is 15.9 Å². The number of hydrogen-bond acceptors (Lipinski definition) is 3. The molecule has 1 N–H and O–H groups in total. The lowest BCUT2D eigenvalue weighted by Crippen LogP contribution is -1.96. The first-order chi connectivity index (χ1) is 6.16. The van der Waals surface area contributed by atoms with Crippen LogP contribution in [-0.2, 0) is 0 Å². The Hall–Kier alpha value is -1.29. The van der Waals surface area contributed by atoms with Crippen molar-refractivity contribution in [2.75, 3.05) is 0 Å². The zero-order valence-electron chi connectivity index (χ0n) is 6.45. The number of fused-ring (bicyclic) bond motifs is 1. The van der Waals surface area contributed by atoms with E-state index in [0.29, 0.717) is 11.0 Å². The molecule has 4 heteroatoms. The Balaban J connectivity index is 2.89. The highest BCUT2D eigenvalue weighted by Crippen LogP contribution is 2.20. The summed E-state index contributed by atoms with van der Waals surface area (Å²) in [5.41, 5.74) is -0.249. The molecule has 0 aliphatic heterocycles. The molecule has 0 amide bonds. The summed E-state index contributed by atoms with van der Waals surface area (Å²) in [7, 11) is 0. The SMILES string of the molecule is O=c1oc2ccc(Br)cc2cc1O. The minimum Gasteiger partial charge on any atom is -0.502 e. The molecule has 0 aliphatic carbocycles. The molecule has 0 spiro atoms. The van der Waals surface area contributed by atoms with Gasteiger partial charge in [-0.15, -0.1) is 0 Å². The van der Waals surface area contributed by atoms with Gasteiger partial charge in [-0.3, -0.25) is 0 Å². The van der Waals surface area contributed by atoms with E-state index in [0.717, 1.165) is 4.47 Å². The molecule has 0 atom stereocenters. The average Bonchev–Trinajstić information content (AvgIpc) is 2.08. The maximum atomic E-state index is 10.9. The van der Waals surface area contributed by atoms with E-state index in [1.54, 1.807) is 18.2 Å². The molecule has 0 radical (unpaired) electrons. The molecule has 0 fully saturated rings. The highest BCUT2D eigenvalue weighted by Gasteiger charge is 2.02. The molecule has 1 heterocycles. The van der Waals surface area contributed by atoms with Crippen molar-refractivity contribution in [3.63, 3.8) is 0 Å². The summed E-state index contributed by atoms with van der Waals surface area (Å²) < 4.78 is 5.69. The second-order valence-corrected chi connectivity index (χ2v) is 3.52. The first-order valence-corrected chi connectivity index (χ1v) is 4.38. The smallest absolute Gasteiger partial charge is 0.378 e. The fraction of sp³-hybridized carbons (Fsp3) is 0. The maximum absolute atomic E-state index is 10.9. The van der Waals surface area contributed by atoms with Gasteiger partial charge in [0.05, 0.1) is 0 Å². The number of halogens is 1. The average molecular weight is 241 g/mol. The van der Waals surface area contributed by atoms with Gasteiger partial charge in [0.1, 0.15) is 5.58 Å². The third-order valence-electron chi connectivity index (χ3n) is 1.68. The van der Waals surface area contributed by atoms with Crippen molar-refractivity contribution in [3.8, 4) is 5.75 Å². The van der Waals surface area contributed by atoms with Gasteiger partial charge in [0, 0.05) is 9.86 Å². The van der Waals surface area contributed by atoms with Crippen LogP contribution < -0.4 is 5.63 Å². The van der Waals surface area contributed by atoms with Crippen LogP contribution in [0.15, 0.2) is 37.9 Å². The van der Waals surface area contributed by atoms with Gasteiger partial charge in [0.25, 0.3) is 0 Å². The van der Waals surface area contributed by atoms with E-state index in [4.69, 9.17) is 9.52 Å². The van der Waals surface area contributed by atoms with Crippen molar-refractivity contribution in [3.05, 3.63) is 39.2 Å². The Morgan fingerprint density at radius 3 is 2.85 bits per heavy atom.